The van der Waals surface area contributed by atoms with E-state index in [1.807, 2.05) is 18.2 Å². The molecule has 4 heteroatoms. The fourth-order valence-corrected chi connectivity index (χ4v) is 2.90. The number of rotatable bonds is 5. The quantitative estimate of drug-likeness (QED) is 0.793. The van der Waals surface area contributed by atoms with Crippen molar-refractivity contribution in [2.75, 3.05) is 0 Å². The number of amides is 1. The lowest BCUT2D eigenvalue weighted by molar-refractivity contribution is -0.122. The molecule has 0 aliphatic heterocycles. The Balaban J connectivity index is 1.83. The average Bonchev–Trinajstić information content (AvgIpc) is 2.50. The van der Waals surface area contributed by atoms with Gasteiger partial charge in [0.15, 0.2) is 0 Å². The first kappa shape index (κ1) is 15.4. The zero-order valence-electron chi connectivity index (χ0n) is 12.9. The van der Waals surface area contributed by atoms with Crippen molar-refractivity contribution < 1.29 is 15.0 Å². The summed E-state index contributed by atoms with van der Waals surface area (Å²) in [4.78, 5) is 12.3. The van der Waals surface area contributed by atoms with Crippen LogP contribution in [0, 0.1) is 0 Å². The van der Waals surface area contributed by atoms with Crippen LogP contribution in [0.5, 0.6) is 11.5 Å². The molecule has 1 aliphatic carbocycles. The van der Waals surface area contributed by atoms with Gasteiger partial charge in [-0.25, -0.2) is 0 Å². The van der Waals surface area contributed by atoms with Crippen LogP contribution in [0.15, 0.2) is 48.5 Å². The van der Waals surface area contributed by atoms with Crippen molar-refractivity contribution in [2.45, 2.75) is 37.6 Å². The SMILES string of the molecule is O=C(C[C@@H](c1ccc(O)cc1)c1cccc(O)c1)NC1CCC1. The summed E-state index contributed by atoms with van der Waals surface area (Å²) < 4.78 is 0. The number of nitrogens with one attached hydrogen (secondary N) is 1. The molecular weight excluding hydrogens is 290 g/mol. The number of carbonyl (C=O) groups excluding carboxylic acids is 1. The summed E-state index contributed by atoms with van der Waals surface area (Å²) >= 11 is 0. The Kier molecular flexibility index (Phi) is 4.51. The Labute approximate surface area is 135 Å². The van der Waals surface area contributed by atoms with Gasteiger partial charge in [-0.3, -0.25) is 4.79 Å². The summed E-state index contributed by atoms with van der Waals surface area (Å²) in [6.07, 6.45) is 3.62. The van der Waals surface area contributed by atoms with Crippen LogP contribution in [0.4, 0.5) is 0 Å². The third-order valence-electron chi connectivity index (χ3n) is 4.43. The van der Waals surface area contributed by atoms with Gasteiger partial charge in [0, 0.05) is 18.4 Å². The van der Waals surface area contributed by atoms with Crippen molar-refractivity contribution in [3.63, 3.8) is 0 Å². The van der Waals surface area contributed by atoms with Gasteiger partial charge in [-0.2, -0.15) is 0 Å². The van der Waals surface area contributed by atoms with E-state index in [1.54, 1.807) is 30.3 Å². The van der Waals surface area contributed by atoms with Crippen molar-refractivity contribution in [2.24, 2.45) is 0 Å². The lowest BCUT2D eigenvalue weighted by Crippen LogP contribution is -2.40. The van der Waals surface area contributed by atoms with E-state index in [0.29, 0.717) is 12.5 Å². The van der Waals surface area contributed by atoms with E-state index in [0.717, 1.165) is 24.0 Å². The van der Waals surface area contributed by atoms with Crippen LogP contribution in [0.3, 0.4) is 0 Å². The van der Waals surface area contributed by atoms with E-state index >= 15 is 0 Å². The third kappa shape index (κ3) is 3.83. The lowest BCUT2D eigenvalue weighted by Gasteiger charge is -2.27. The second-order valence-corrected chi connectivity index (χ2v) is 6.14. The predicted molar refractivity (Wildman–Crippen MR) is 88.5 cm³/mol. The molecular formula is C19H21NO3. The Morgan fingerprint density at radius 1 is 1.04 bits per heavy atom. The summed E-state index contributed by atoms with van der Waals surface area (Å²) in [6, 6.07) is 14.2. The standard InChI is InChI=1S/C19H21NO3/c21-16-9-7-13(8-10-16)18(14-3-1-6-17(22)11-14)12-19(23)20-15-4-2-5-15/h1,3,6-11,15,18,21-22H,2,4-5,12H2,(H,20,23)/t18-/m0/s1. The molecule has 2 aromatic carbocycles. The first-order valence-corrected chi connectivity index (χ1v) is 7.99. The highest BCUT2D eigenvalue weighted by atomic mass is 16.3. The molecule has 1 atom stereocenters. The Hall–Kier alpha value is -2.49. The van der Waals surface area contributed by atoms with Gasteiger partial charge in [-0.15, -0.1) is 0 Å². The number of hydrogen-bond donors (Lipinski definition) is 3. The van der Waals surface area contributed by atoms with Crippen LogP contribution in [0.1, 0.15) is 42.7 Å². The fourth-order valence-electron chi connectivity index (χ4n) is 2.90. The zero-order chi connectivity index (χ0) is 16.2. The molecule has 1 aliphatic rings. The smallest absolute Gasteiger partial charge is 0.221 e. The molecule has 4 nitrogen and oxygen atoms in total. The molecule has 0 saturated heterocycles. The molecule has 2 aromatic rings. The van der Waals surface area contributed by atoms with Crippen LogP contribution in [0.2, 0.25) is 0 Å². The van der Waals surface area contributed by atoms with Crippen molar-refractivity contribution >= 4 is 5.91 Å². The summed E-state index contributed by atoms with van der Waals surface area (Å²) in [6.45, 7) is 0. The number of phenols is 2. The number of aromatic hydroxyl groups is 2. The van der Waals surface area contributed by atoms with Gasteiger partial charge in [0.05, 0.1) is 0 Å². The van der Waals surface area contributed by atoms with Gasteiger partial charge in [-0.05, 0) is 54.7 Å². The monoisotopic (exact) mass is 311 g/mol. The Morgan fingerprint density at radius 2 is 1.78 bits per heavy atom. The van der Waals surface area contributed by atoms with Crippen LogP contribution >= 0.6 is 0 Å². The molecule has 23 heavy (non-hydrogen) atoms. The molecule has 1 amide bonds. The van der Waals surface area contributed by atoms with Gasteiger partial charge in [0.1, 0.15) is 11.5 Å². The van der Waals surface area contributed by atoms with Crippen molar-refractivity contribution in [1.82, 2.24) is 5.32 Å². The van der Waals surface area contributed by atoms with Crippen LogP contribution in [-0.4, -0.2) is 22.2 Å². The van der Waals surface area contributed by atoms with Crippen LogP contribution in [-0.2, 0) is 4.79 Å². The Bertz CT molecular complexity index is 677. The summed E-state index contributed by atoms with van der Waals surface area (Å²) in [5.41, 5.74) is 1.83. The van der Waals surface area contributed by atoms with Gasteiger partial charge in [-0.1, -0.05) is 24.3 Å². The summed E-state index contributed by atoms with van der Waals surface area (Å²) in [7, 11) is 0. The highest BCUT2D eigenvalue weighted by Crippen LogP contribution is 2.31. The molecule has 0 heterocycles. The van der Waals surface area contributed by atoms with E-state index in [2.05, 4.69) is 5.32 Å². The first-order chi connectivity index (χ1) is 11.1. The van der Waals surface area contributed by atoms with Gasteiger partial charge in [0.2, 0.25) is 5.91 Å². The topological polar surface area (TPSA) is 69.6 Å². The lowest BCUT2D eigenvalue weighted by atomic mass is 9.87. The van der Waals surface area contributed by atoms with Gasteiger partial charge >= 0.3 is 0 Å². The maximum atomic E-state index is 12.3. The number of hydrogen-bond acceptors (Lipinski definition) is 3. The highest BCUT2D eigenvalue weighted by Gasteiger charge is 2.23. The second kappa shape index (κ2) is 6.73. The molecule has 3 N–H and O–H groups in total. The van der Waals surface area contributed by atoms with Crippen molar-refractivity contribution in [3.8, 4) is 11.5 Å². The van der Waals surface area contributed by atoms with Crippen molar-refractivity contribution in [3.05, 3.63) is 59.7 Å². The summed E-state index contributed by atoms with van der Waals surface area (Å²) in [5.74, 6) is 0.256. The normalized spacial score (nSPS) is 15.7. The van der Waals surface area contributed by atoms with Crippen LogP contribution in [0.25, 0.3) is 0 Å². The minimum Gasteiger partial charge on any atom is -0.508 e. The first-order valence-electron chi connectivity index (χ1n) is 7.99. The predicted octanol–water partition coefficient (Wildman–Crippen LogP) is 3.29. The second-order valence-electron chi connectivity index (χ2n) is 6.14. The van der Waals surface area contributed by atoms with E-state index in [9.17, 15) is 15.0 Å². The fraction of sp³-hybridized carbons (Fsp3) is 0.316. The van der Waals surface area contributed by atoms with Gasteiger partial charge in [0.25, 0.3) is 0 Å². The number of phenolic OH excluding ortho intramolecular Hbond substituents is 2. The summed E-state index contributed by atoms with van der Waals surface area (Å²) in [5, 5.41) is 22.3. The number of benzene rings is 2. The Morgan fingerprint density at radius 3 is 2.39 bits per heavy atom. The van der Waals surface area contributed by atoms with Crippen molar-refractivity contribution in [1.29, 1.82) is 0 Å². The maximum Gasteiger partial charge on any atom is 0.221 e. The molecule has 120 valence electrons. The number of carbonyl (C=O) groups is 1. The average molecular weight is 311 g/mol. The molecule has 3 rings (SSSR count). The molecule has 0 bridgehead atoms. The molecule has 1 fully saturated rings. The molecule has 0 aromatic heterocycles. The van der Waals surface area contributed by atoms with Gasteiger partial charge < -0.3 is 15.5 Å². The van der Waals surface area contributed by atoms with E-state index in [-0.39, 0.29) is 23.3 Å². The third-order valence-corrected chi connectivity index (χ3v) is 4.43. The minimum absolute atomic E-state index is 0.0242. The van der Waals surface area contributed by atoms with E-state index in [1.165, 1.54) is 6.42 Å². The molecule has 0 spiro atoms. The largest absolute Gasteiger partial charge is 0.508 e. The molecule has 0 unspecified atom stereocenters. The van der Waals surface area contributed by atoms with E-state index in [4.69, 9.17) is 0 Å². The van der Waals surface area contributed by atoms with E-state index < -0.39 is 0 Å². The molecule has 1 saturated carbocycles. The highest BCUT2D eigenvalue weighted by molar-refractivity contribution is 5.78. The minimum atomic E-state index is -0.150. The zero-order valence-corrected chi connectivity index (χ0v) is 12.9. The maximum absolute atomic E-state index is 12.3. The van der Waals surface area contributed by atoms with Crippen LogP contribution < -0.4 is 5.32 Å². The molecule has 0 radical (unpaired) electrons.